The van der Waals surface area contributed by atoms with Crippen LogP contribution in [-0.2, 0) is 6.42 Å². The number of rotatable bonds is 5. The minimum atomic E-state index is 0.372. The molecule has 2 unspecified atom stereocenters. The summed E-state index contributed by atoms with van der Waals surface area (Å²) in [5, 5.41) is 0. The van der Waals surface area contributed by atoms with Crippen LogP contribution < -0.4 is 16.0 Å². The van der Waals surface area contributed by atoms with Crippen molar-refractivity contribution in [2.24, 2.45) is 11.8 Å². The number of nitrogens with two attached hydrogens (primary N) is 1. The first kappa shape index (κ1) is 12.7. The molecule has 1 aromatic carbocycles. The van der Waals surface area contributed by atoms with Crippen molar-refractivity contribution >= 4 is 11.8 Å². The molecule has 0 radical (unpaired) electrons. The Morgan fingerprint density at radius 3 is 3.12 bits per heavy atom. The Labute approximate surface area is 107 Å². The summed E-state index contributed by atoms with van der Waals surface area (Å²) >= 11 is 2.02. The Balaban J connectivity index is 2.01. The van der Waals surface area contributed by atoms with Gasteiger partial charge in [0.1, 0.15) is 5.75 Å². The standard InChI is InChI=1S/C13H20N2OS/c1-16-12-4-2-3-10(7-12)8-13(15-14)11-5-6-17-9-11/h2-4,7,11,13,15H,5-6,8-9,14H2,1H3. The Morgan fingerprint density at radius 1 is 1.59 bits per heavy atom. The summed E-state index contributed by atoms with van der Waals surface area (Å²) in [6.07, 6.45) is 2.24. The van der Waals surface area contributed by atoms with Gasteiger partial charge < -0.3 is 4.74 Å². The number of hydrazine groups is 1. The number of nitrogens with one attached hydrogen (secondary N) is 1. The predicted molar refractivity (Wildman–Crippen MR) is 73.2 cm³/mol. The Hall–Kier alpha value is -0.710. The molecule has 0 bridgehead atoms. The molecule has 2 rings (SSSR count). The van der Waals surface area contributed by atoms with Gasteiger partial charge in [-0.05, 0) is 48.0 Å². The molecule has 17 heavy (non-hydrogen) atoms. The maximum absolute atomic E-state index is 5.68. The van der Waals surface area contributed by atoms with Gasteiger partial charge in [0, 0.05) is 6.04 Å². The first-order valence-electron chi connectivity index (χ1n) is 6.00. The number of methoxy groups -OCH3 is 1. The summed E-state index contributed by atoms with van der Waals surface area (Å²) in [6, 6.07) is 8.60. The average molecular weight is 252 g/mol. The second-order valence-corrected chi connectivity index (χ2v) is 5.60. The highest BCUT2D eigenvalue weighted by Crippen LogP contribution is 2.28. The number of hydrogen-bond acceptors (Lipinski definition) is 4. The highest BCUT2D eigenvalue weighted by Gasteiger charge is 2.24. The highest BCUT2D eigenvalue weighted by molar-refractivity contribution is 7.99. The van der Waals surface area contributed by atoms with Crippen LogP contribution in [0, 0.1) is 5.92 Å². The van der Waals surface area contributed by atoms with Gasteiger partial charge in [0.2, 0.25) is 0 Å². The zero-order valence-corrected chi connectivity index (χ0v) is 11.0. The van der Waals surface area contributed by atoms with Crippen LogP contribution in [0.25, 0.3) is 0 Å². The van der Waals surface area contributed by atoms with Crippen LogP contribution in [-0.4, -0.2) is 24.7 Å². The smallest absolute Gasteiger partial charge is 0.119 e. The zero-order valence-electron chi connectivity index (χ0n) is 10.2. The van der Waals surface area contributed by atoms with Crippen molar-refractivity contribution in [1.82, 2.24) is 5.43 Å². The third-order valence-corrected chi connectivity index (χ3v) is 4.53. The molecule has 0 aliphatic carbocycles. The number of hydrogen-bond donors (Lipinski definition) is 2. The first-order valence-corrected chi connectivity index (χ1v) is 7.15. The van der Waals surface area contributed by atoms with Crippen molar-refractivity contribution in [3.63, 3.8) is 0 Å². The van der Waals surface area contributed by atoms with Crippen molar-refractivity contribution in [2.75, 3.05) is 18.6 Å². The van der Waals surface area contributed by atoms with Gasteiger partial charge in [-0.25, -0.2) is 0 Å². The van der Waals surface area contributed by atoms with E-state index in [2.05, 4.69) is 17.6 Å². The van der Waals surface area contributed by atoms with E-state index in [9.17, 15) is 0 Å². The lowest BCUT2D eigenvalue weighted by Crippen LogP contribution is -2.42. The van der Waals surface area contributed by atoms with Crippen molar-refractivity contribution in [1.29, 1.82) is 0 Å². The number of benzene rings is 1. The van der Waals surface area contributed by atoms with Crippen molar-refractivity contribution < 1.29 is 4.74 Å². The second kappa shape index (κ2) is 6.28. The second-order valence-electron chi connectivity index (χ2n) is 4.45. The van der Waals surface area contributed by atoms with Gasteiger partial charge in [0.15, 0.2) is 0 Å². The topological polar surface area (TPSA) is 47.3 Å². The highest BCUT2D eigenvalue weighted by atomic mass is 32.2. The first-order chi connectivity index (χ1) is 8.33. The van der Waals surface area contributed by atoms with Crippen LogP contribution in [0.4, 0.5) is 0 Å². The summed E-state index contributed by atoms with van der Waals surface area (Å²) in [5.74, 6) is 9.77. The number of ether oxygens (including phenoxy) is 1. The van der Waals surface area contributed by atoms with Gasteiger partial charge >= 0.3 is 0 Å². The minimum absolute atomic E-state index is 0.372. The average Bonchev–Trinajstić information content (AvgIpc) is 2.90. The van der Waals surface area contributed by atoms with E-state index in [1.54, 1.807) is 7.11 Å². The van der Waals surface area contributed by atoms with Crippen LogP contribution in [0.2, 0.25) is 0 Å². The maximum Gasteiger partial charge on any atom is 0.119 e. The molecule has 0 saturated carbocycles. The van der Waals surface area contributed by atoms with Crippen LogP contribution in [0.15, 0.2) is 24.3 Å². The Bertz CT molecular complexity index is 353. The fourth-order valence-electron chi connectivity index (χ4n) is 2.29. The fourth-order valence-corrected chi connectivity index (χ4v) is 3.62. The lowest BCUT2D eigenvalue weighted by atomic mass is 9.93. The molecule has 94 valence electrons. The van der Waals surface area contributed by atoms with Gasteiger partial charge in [0.05, 0.1) is 7.11 Å². The maximum atomic E-state index is 5.68. The Kier molecular flexibility index (Phi) is 4.71. The largest absolute Gasteiger partial charge is 0.497 e. The summed E-state index contributed by atoms with van der Waals surface area (Å²) < 4.78 is 5.24. The van der Waals surface area contributed by atoms with Gasteiger partial charge in [-0.15, -0.1) is 0 Å². The monoisotopic (exact) mass is 252 g/mol. The normalized spacial score (nSPS) is 21.4. The zero-order chi connectivity index (χ0) is 12.1. The molecule has 4 heteroatoms. The quantitative estimate of drug-likeness (QED) is 0.620. The molecule has 1 saturated heterocycles. The lowest BCUT2D eigenvalue weighted by molar-refractivity contribution is 0.384. The van der Waals surface area contributed by atoms with E-state index in [0.717, 1.165) is 12.2 Å². The molecule has 1 fully saturated rings. The molecular weight excluding hydrogens is 232 g/mol. The SMILES string of the molecule is COc1cccc(CC(NN)C2CCSC2)c1. The summed E-state index contributed by atoms with van der Waals surface area (Å²) in [6.45, 7) is 0. The lowest BCUT2D eigenvalue weighted by Gasteiger charge is -2.22. The molecule has 3 nitrogen and oxygen atoms in total. The fraction of sp³-hybridized carbons (Fsp3) is 0.538. The van der Waals surface area contributed by atoms with Gasteiger partial charge in [-0.3, -0.25) is 11.3 Å². The van der Waals surface area contributed by atoms with E-state index >= 15 is 0 Å². The van der Waals surface area contributed by atoms with Crippen LogP contribution >= 0.6 is 11.8 Å². The van der Waals surface area contributed by atoms with Gasteiger partial charge in [-0.1, -0.05) is 12.1 Å². The van der Waals surface area contributed by atoms with Crippen LogP contribution in [0.5, 0.6) is 5.75 Å². The molecule has 2 atom stereocenters. The molecule has 1 aromatic rings. The third-order valence-electron chi connectivity index (χ3n) is 3.34. The van der Waals surface area contributed by atoms with Crippen LogP contribution in [0.3, 0.4) is 0 Å². The molecule has 1 aliphatic rings. The van der Waals surface area contributed by atoms with Crippen molar-refractivity contribution in [3.05, 3.63) is 29.8 Å². The van der Waals surface area contributed by atoms with E-state index in [4.69, 9.17) is 10.6 Å². The van der Waals surface area contributed by atoms with Gasteiger partial charge in [-0.2, -0.15) is 11.8 Å². The van der Waals surface area contributed by atoms with Crippen molar-refractivity contribution in [2.45, 2.75) is 18.9 Å². The molecule has 0 aromatic heterocycles. The minimum Gasteiger partial charge on any atom is -0.497 e. The predicted octanol–water partition coefficient (Wildman–Crippen LogP) is 1.82. The van der Waals surface area contributed by atoms with E-state index in [0.29, 0.717) is 12.0 Å². The van der Waals surface area contributed by atoms with E-state index in [-0.39, 0.29) is 0 Å². The van der Waals surface area contributed by atoms with Crippen molar-refractivity contribution in [3.8, 4) is 5.75 Å². The molecule has 0 spiro atoms. The third kappa shape index (κ3) is 3.37. The van der Waals surface area contributed by atoms with Crippen LogP contribution in [0.1, 0.15) is 12.0 Å². The summed E-state index contributed by atoms with van der Waals surface area (Å²) in [4.78, 5) is 0. The van der Waals surface area contributed by atoms with E-state index < -0.39 is 0 Å². The molecule has 3 N–H and O–H groups in total. The van der Waals surface area contributed by atoms with E-state index in [1.165, 1.54) is 23.5 Å². The summed E-state index contributed by atoms with van der Waals surface area (Å²) in [5.41, 5.74) is 4.26. The van der Waals surface area contributed by atoms with Gasteiger partial charge in [0.25, 0.3) is 0 Å². The number of thioether (sulfide) groups is 1. The molecular formula is C13H20N2OS. The molecule has 0 amide bonds. The summed E-state index contributed by atoms with van der Waals surface area (Å²) in [7, 11) is 1.70. The van der Waals surface area contributed by atoms with E-state index in [1.807, 2.05) is 23.9 Å². The molecule has 1 heterocycles. The molecule has 1 aliphatic heterocycles. The Morgan fingerprint density at radius 2 is 2.47 bits per heavy atom.